The average molecular weight is 282 g/mol. The zero-order valence-electron chi connectivity index (χ0n) is 11.8. The number of hydrogen-bond acceptors (Lipinski definition) is 4. The van der Waals surface area contributed by atoms with Crippen LogP contribution in [0.25, 0.3) is 27.9 Å². The first-order valence-corrected chi connectivity index (χ1v) is 6.65. The molecule has 0 aromatic heterocycles. The number of aliphatic hydroxyl groups is 1. The van der Waals surface area contributed by atoms with Crippen LogP contribution in [0.4, 0.5) is 0 Å². The Bertz CT molecular complexity index is 929. The second-order valence-electron chi connectivity index (χ2n) is 5.19. The molecule has 0 bridgehead atoms. The smallest absolute Gasteiger partial charge is 0.193 e. The van der Waals surface area contributed by atoms with Crippen molar-refractivity contribution in [1.82, 2.24) is 0 Å². The van der Waals surface area contributed by atoms with Crippen LogP contribution in [0.5, 0.6) is 0 Å². The Hall–Kier alpha value is -2.62. The van der Waals surface area contributed by atoms with E-state index in [-0.39, 0.29) is 23.4 Å². The average Bonchev–Trinajstić information content (AvgIpc) is 2.36. The van der Waals surface area contributed by atoms with Crippen molar-refractivity contribution >= 4 is 22.3 Å². The third-order valence-corrected chi connectivity index (χ3v) is 3.46. The van der Waals surface area contributed by atoms with Gasteiger partial charge in [0.25, 0.3) is 0 Å². The highest BCUT2D eigenvalue weighted by Gasteiger charge is 2.17. The van der Waals surface area contributed by atoms with Gasteiger partial charge in [-0.2, -0.15) is 0 Å². The zero-order chi connectivity index (χ0) is 15.1. The van der Waals surface area contributed by atoms with Gasteiger partial charge in [0.2, 0.25) is 0 Å². The molecule has 3 rings (SSSR count). The molecule has 0 amide bonds. The van der Waals surface area contributed by atoms with E-state index in [4.69, 9.17) is 4.42 Å². The molecule has 2 aliphatic rings. The molecule has 21 heavy (non-hydrogen) atoms. The van der Waals surface area contributed by atoms with Crippen LogP contribution in [-0.2, 0) is 11.2 Å². The number of hydrogen-bond donors (Lipinski definition) is 1. The number of rotatable bonds is 2. The van der Waals surface area contributed by atoms with Crippen LogP contribution in [0, 0.1) is 0 Å². The fourth-order valence-electron chi connectivity index (χ4n) is 2.70. The summed E-state index contributed by atoms with van der Waals surface area (Å²) in [6, 6.07) is 8.67. The number of benzene rings is 2. The molecule has 106 valence electrons. The number of ketones is 1. The molecule has 4 heteroatoms. The predicted molar refractivity (Wildman–Crippen MR) is 80.4 cm³/mol. The van der Waals surface area contributed by atoms with Crippen molar-refractivity contribution in [2.24, 2.45) is 0 Å². The standard InChI is InChI=1S/C17H14O4/c1-9(18)6-12-7-11-4-3-5-13-16(10(2)19)14(20)8-15(21-12)17(11)13/h3-5,7-8,19H,6H2,1-2H3/b16-10-. The maximum atomic E-state index is 12.2. The summed E-state index contributed by atoms with van der Waals surface area (Å²) < 4.78 is 5.68. The van der Waals surface area contributed by atoms with Gasteiger partial charge in [-0.15, -0.1) is 0 Å². The van der Waals surface area contributed by atoms with Crippen molar-refractivity contribution in [1.29, 1.82) is 0 Å². The summed E-state index contributed by atoms with van der Waals surface area (Å²) in [6.45, 7) is 2.98. The van der Waals surface area contributed by atoms with Crippen LogP contribution in [0.15, 0.2) is 39.5 Å². The summed E-state index contributed by atoms with van der Waals surface area (Å²) in [7, 11) is 0. The first kappa shape index (κ1) is 13.4. The van der Waals surface area contributed by atoms with Crippen LogP contribution in [0.2, 0.25) is 0 Å². The Morgan fingerprint density at radius 2 is 2.00 bits per heavy atom. The van der Waals surface area contributed by atoms with Crippen LogP contribution in [-0.4, -0.2) is 10.9 Å². The Balaban J connectivity index is 2.49. The summed E-state index contributed by atoms with van der Waals surface area (Å²) in [6.07, 6.45) is 0.191. The van der Waals surface area contributed by atoms with Crippen LogP contribution in [0.3, 0.4) is 0 Å². The number of carbonyl (C=O) groups is 1. The summed E-state index contributed by atoms with van der Waals surface area (Å²) in [4.78, 5) is 23.4. The first-order chi connectivity index (χ1) is 9.97. The number of carbonyl (C=O) groups excluding carboxylic acids is 1. The molecule has 1 heterocycles. The van der Waals surface area contributed by atoms with Crippen LogP contribution in [0.1, 0.15) is 19.6 Å². The first-order valence-electron chi connectivity index (χ1n) is 6.65. The summed E-state index contributed by atoms with van der Waals surface area (Å²) in [5.41, 5.74) is 0.492. The highest BCUT2D eigenvalue weighted by atomic mass is 16.3. The SMILES string of the molecule is CC(=O)Cc1cc2cccc3c2-c(cc(=O)/c3=C(/C)O)o1. The van der Waals surface area contributed by atoms with Gasteiger partial charge in [0.1, 0.15) is 23.1 Å². The minimum absolute atomic E-state index is 0.00428. The Morgan fingerprint density at radius 3 is 2.67 bits per heavy atom. The predicted octanol–water partition coefficient (Wildman–Crippen LogP) is 2.43. The minimum Gasteiger partial charge on any atom is -0.512 e. The lowest BCUT2D eigenvalue weighted by molar-refractivity contribution is -0.116. The monoisotopic (exact) mass is 282 g/mol. The van der Waals surface area contributed by atoms with Crippen molar-refractivity contribution in [3.05, 3.63) is 51.5 Å². The molecule has 1 aliphatic heterocycles. The summed E-state index contributed by atoms with van der Waals surface area (Å²) in [5, 5.41) is 11.6. The Kier molecular flexibility index (Phi) is 3.01. The van der Waals surface area contributed by atoms with Gasteiger partial charge >= 0.3 is 0 Å². The van der Waals surface area contributed by atoms with Crippen molar-refractivity contribution in [3.63, 3.8) is 0 Å². The third-order valence-electron chi connectivity index (χ3n) is 3.46. The second-order valence-corrected chi connectivity index (χ2v) is 5.19. The quantitative estimate of drug-likeness (QED) is 0.784. The van der Waals surface area contributed by atoms with Crippen LogP contribution >= 0.6 is 0 Å². The lowest BCUT2D eigenvalue weighted by Crippen LogP contribution is -2.27. The molecule has 0 spiro atoms. The zero-order valence-corrected chi connectivity index (χ0v) is 11.8. The van der Waals surface area contributed by atoms with Gasteiger partial charge in [0, 0.05) is 17.0 Å². The largest absolute Gasteiger partial charge is 0.512 e. The molecule has 0 saturated heterocycles. The van der Waals surface area contributed by atoms with E-state index in [0.29, 0.717) is 22.1 Å². The van der Waals surface area contributed by atoms with Crippen molar-refractivity contribution in [3.8, 4) is 11.3 Å². The summed E-state index contributed by atoms with van der Waals surface area (Å²) in [5.74, 6) is 0.950. The molecule has 1 aliphatic carbocycles. The van der Waals surface area contributed by atoms with E-state index in [0.717, 1.165) is 10.9 Å². The van der Waals surface area contributed by atoms with Gasteiger partial charge in [-0.1, -0.05) is 18.2 Å². The maximum Gasteiger partial charge on any atom is 0.193 e. The third kappa shape index (κ3) is 2.18. The maximum absolute atomic E-state index is 12.2. The van der Waals surface area contributed by atoms with Gasteiger partial charge in [-0.3, -0.25) is 9.59 Å². The molecule has 0 unspecified atom stereocenters. The van der Waals surface area contributed by atoms with E-state index in [1.54, 1.807) is 12.1 Å². The van der Waals surface area contributed by atoms with E-state index < -0.39 is 0 Å². The van der Waals surface area contributed by atoms with E-state index in [2.05, 4.69) is 0 Å². The molecule has 0 radical (unpaired) electrons. The molecular weight excluding hydrogens is 268 g/mol. The molecular formula is C17H14O4. The van der Waals surface area contributed by atoms with Gasteiger partial charge in [0.15, 0.2) is 5.43 Å². The van der Waals surface area contributed by atoms with E-state index in [1.807, 2.05) is 12.1 Å². The van der Waals surface area contributed by atoms with Crippen molar-refractivity contribution in [2.45, 2.75) is 20.3 Å². The highest BCUT2D eigenvalue weighted by molar-refractivity contribution is 5.96. The summed E-state index contributed by atoms with van der Waals surface area (Å²) >= 11 is 0. The lowest BCUT2D eigenvalue weighted by Gasteiger charge is -2.13. The van der Waals surface area contributed by atoms with Crippen LogP contribution < -0.4 is 10.6 Å². The van der Waals surface area contributed by atoms with Gasteiger partial charge in [-0.05, 0) is 25.3 Å². The second kappa shape index (κ2) is 4.74. The normalized spacial score (nSPS) is 12.9. The van der Waals surface area contributed by atoms with E-state index in [9.17, 15) is 14.7 Å². The van der Waals surface area contributed by atoms with E-state index in [1.165, 1.54) is 19.9 Å². The number of Topliss-reactive ketones (excluding diaryl/α,β-unsaturated/α-hetero) is 1. The Labute approximate surface area is 120 Å². The molecule has 1 N–H and O–H groups in total. The lowest BCUT2D eigenvalue weighted by atomic mass is 9.96. The minimum atomic E-state index is -0.293. The van der Waals surface area contributed by atoms with Crippen molar-refractivity contribution < 1.29 is 14.3 Å². The van der Waals surface area contributed by atoms with Gasteiger partial charge in [0.05, 0.1) is 11.6 Å². The molecule has 0 saturated carbocycles. The molecule has 0 atom stereocenters. The van der Waals surface area contributed by atoms with Crippen molar-refractivity contribution in [2.75, 3.05) is 0 Å². The fourth-order valence-corrected chi connectivity index (χ4v) is 2.70. The topological polar surface area (TPSA) is 67.5 Å². The molecule has 1 aromatic rings. The highest BCUT2D eigenvalue weighted by Crippen LogP contribution is 2.31. The number of aliphatic hydroxyl groups excluding tert-OH is 1. The fraction of sp³-hybridized carbons (Fsp3) is 0.176. The molecule has 1 aromatic carbocycles. The Morgan fingerprint density at radius 1 is 1.24 bits per heavy atom. The molecule has 4 nitrogen and oxygen atoms in total. The van der Waals surface area contributed by atoms with Gasteiger partial charge < -0.3 is 9.52 Å². The van der Waals surface area contributed by atoms with Gasteiger partial charge in [-0.25, -0.2) is 0 Å². The van der Waals surface area contributed by atoms with E-state index >= 15 is 0 Å². The molecule has 0 fully saturated rings.